The SMILES string of the molecule is N#CC(C#N)=C1CC2(C#Cc3ccccc3)CCC1C(c1ccccc1)C2C=O. The van der Waals surface area contributed by atoms with Crippen LogP contribution in [0.15, 0.2) is 71.8 Å². The molecule has 2 bridgehead atoms. The number of aldehydes is 1. The van der Waals surface area contributed by atoms with Gasteiger partial charge in [-0.15, -0.1) is 0 Å². The van der Waals surface area contributed by atoms with E-state index in [1.807, 2.05) is 60.7 Å². The molecular weight excluding hydrogens is 356 g/mol. The Bertz CT molecular complexity index is 1080. The van der Waals surface area contributed by atoms with Crippen molar-refractivity contribution in [3.8, 4) is 24.0 Å². The number of allylic oxidation sites excluding steroid dienone is 2. The Hall–Kier alpha value is -3.61. The molecule has 4 unspecified atom stereocenters. The minimum absolute atomic E-state index is 0.0299. The summed E-state index contributed by atoms with van der Waals surface area (Å²) < 4.78 is 0. The van der Waals surface area contributed by atoms with Crippen LogP contribution in [0.2, 0.25) is 0 Å². The molecule has 0 aliphatic heterocycles. The highest BCUT2D eigenvalue weighted by Crippen LogP contribution is 2.61. The number of carbonyl (C=O) groups is 1. The lowest BCUT2D eigenvalue weighted by atomic mass is 9.48. The van der Waals surface area contributed by atoms with Gasteiger partial charge >= 0.3 is 0 Å². The number of fused-ring (bicyclic) bond motifs is 3. The molecule has 0 N–H and O–H groups in total. The van der Waals surface area contributed by atoms with Crippen molar-refractivity contribution in [2.75, 3.05) is 0 Å². The second kappa shape index (κ2) is 7.79. The summed E-state index contributed by atoms with van der Waals surface area (Å²) >= 11 is 0. The number of nitriles is 2. The summed E-state index contributed by atoms with van der Waals surface area (Å²) in [6.45, 7) is 0. The molecule has 3 aliphatic rings. The lowest BCUT2D eigenvalue weighted by molar-refractivity contribution is -0.118. The fraction of sp³-hybridized carbons (Fsp3) is 0.269. The van der Waals surface area contributed by atoms with Crippen molar-refractivity contribution in [2.45, 2.75) is 25.2 Å². The van der Waals surface area contributed by atoms with Crippen LogP contribution < -0.4 is 0 Å². The number of hydrogen-bond donors (Lipinski definition) is 0. The molecule has 140 valence electrons. The molecule has 4 atom stereocenters. The van der Waals surface area contributed by atoms with E-state index in [4.69, 9.17) is 0 Å². The largest absolute Gasteiger partial charge is 0.303 e. The third-order valence-electron chi connectivity index (χ3n) is 6.42. The summed E-state index contributed by atoms with van der Waals surface area (Å²) in [5.74, 6) is 6.41. The maximum absolute atomic E-state index is 12.4. The van der Waals surface area contributed by atoms with Crippen LogP contribution in [-0.4, -0.2) is 6.29 Å². The van der Waals surface area contributed by atoms with Gasteiger partial charge in [0.2, 0.25) is 0 Å². The smallest absolute Gasteiger partial charge is 0.129 e. The molecular formula is C26H20N2O. The van der Waals surface area contributed by atoms with Crippen LogP contribution in [0.5, 0.6) is 0 Å². The van der Waals surface area contributed by atoms with Crippen LogP contribution in [-0.2, 0) is 4.79 Å². The maximum Gasteiger partial charge on any atom is 0.129 e. The van der Waals surface area contributed by atoms with E-state index in [-0.39, 0.29) is 23.3 Å². The number of carbonyl (C=O) groups excluding carboxylic acids is 1. The summed E-state index contributed by atoms with van der Waals surface area (Å²) in [5, 5.41) is 19.1. The van der Waals surface area contributed by atoms with Gasteiger partial charge in [-0.05, 0) is 48.4 Å². The van der Waals surface area contributed by atoms with Crippen molar-refractivity contribution in [1.82, 2.24) is 0 Å². The monoisotopic (exact) mass is 376 g/mol. The molecule has 29 heavy (non-hydrogen) atoms. The van der Waals surface area contributed by atoms with E-state index < -0.39 is 5.41 Å². The Morgan fingerprint density at radius 1 is 1.00 bits per heavy atom. The second-order valence-electron chi connectivity index (χ2n) is 7.82. The Labute approximate surface area is 171 Å². The molecule has 3 fully saturated rings. The van der Waals surface area contributed by atoms with Crippen LogP contribution in [0.25, 0.3) is 0 Å². The zero-order valence-electron chi connectivity index (χ0n) is 16.0. The highest BCUT2D eigenvalue weighted by molar-refractivity contribution is 5.63. The molecule has 2 aromatic carbocycles. The number of rotatable bonds is 2. The average Bonchev–Trinajstić information content (AvgIpc) is 2.79. The van der Waals surface area contributed by atoms with Crippen molar-refractivity contribution in [2.24, 2.45) is 17.3 Å². The molecule has 3 saturated carbocycles. The molecule has 0 aromatic heterocycles. The highest BCUT2D eigenvalue weighted by Gasteiger charge is 2.55. The van der Waals surface area contributed by atoms with Crippen molar-refractivity contribution >= 4 is 6.29 Å². The minimum Gasteiger partial charge on any atom is -0.303 e. The number of nitrogens with zero attached hydrogens (tertiary/aromatic N) is 2. The van der Waals surface area contributed by atoms with E-state index in [1.165, 1.54) is 0 Å². The molecule has 0 saturated heterocycles. The van der Waals surface area contributed by atoms with E-state index >= 15 is 0 Å². The van der Waals surface area contributed by atoms with E-state index in [2.05, 4.69) is 24.0 Å². The summed E-state index contributed by atoms with van der Waals surface area (Å²) in [7, 11) is 0. The third-order valence-corrected chi connectivity index (χ3v) is 6.42. The first-order chi connectivity index (χ1) is 14.2. The second-order valence-corrected chi connectivity index (χ2v) is 7.82. The van der Waals surface area contributed by atoms with Gasteiger partial charge in [0, 0.05) is 22.8 Å². The Balaban J connectivity index is 1.89. The Morgan fingerprint density at radius 2 is 1.66 bits per heavy atom. The molecule has 5 rings (SSSR count). The van der Waals surface area contributed by atoms with E-state index in [0.29, 0.717) is 6.42 Å². The Kier molecular flexibility index (Phi) is 5.03. The van der Waals surface area contributed by atoms with Crippen LogP contribution >= 0.6 is 0 Å². The third kappa shape index (κ3) is 3.24. The molecule has 0 radical (unpaired) electrons. The van der Waals surface area contributed by atoms with E-state index in [1.54, 1.807) is 0 Å². The van der Waals surface area contributed by atoms with Crippen molar-refractivity contribution in [1.29, 1.82) is 10.5 Å². The van der Waals surface area contributed by atoms with Gasteiger partial charge in [0.1, 0.15) is 24.0 Å². The molecule has 0 amide bonds. The topological polar surface area (TPSA) is 64.7 Å². The first kappa shape index (κ1) is 18.7. The first-order valence-corrected chi connectivity index (χ1v) is 9.84. The predicted octanol–water partition coefficient (Wildman–Crippen LogP) is 4.78. The van der Waals surface area contributed by atoms with Crippen LogP contribution in [0.4, 0.5) is 0 Å². The molecule has 3 heteroatoms. The van der Waals surface area contributed by atoms with Crippen molar-refractivity contribution < 1.29 is 4.79 Å². The molecule has 0 heterocycles. The summed E-state index contributed by atoms with van der Waals surface area (Å²) in [4.78, 5) is 12.4. The molecule has 0 spiro atoms. The number of hydrogen-bond acceptors (Lipinski definition) is 3. The lowest BCUT2D eigenvalue weighted by Crippen LogP contribution is -2.48. The zero-order valence-corrected chi connectivity index (χ0v) is 16.0. The lowest BCUT2D eigenvalue weighted by Gasteiger charge is -2.53. The summed E-state index contributed by atoms with van der Waals surface area (Å²) in [6.07, 6.45) is 3.20. The van der Waals surface area contributed by atoms with E-state index in [9.17, 15) is 15.3 Å². The maximum atomic E-state index is 12.4. The normalized spacial score (nSPS) is 27.1. The van der Waals surface area contributed by atoms with Gasteiger partial charge in [-0.25, -0.2) is 0 Å². The zero-order chi connectivity index (χ0) is 20.3. The van der Waals surface area contributed by atoms with Gasteiger partial charge < -0.3 is 4.79 Å². The summed E-state index contributed by atoms with van der Waals surface area (Å²) in [6, 6.07) is 23.9. The van der Waals surface area contributed by atoms with Crippen molar-refractivity contribution in [3.63, 3.8) is 0 Å². The fourth-order valence-electron chi connectivity index (χ4n) is 5.10. The molecule has 2 aromatic rings. The quantitative estimate of drug-likeness (QED) is 0.430. The van der Waals surface area contributed by atoms with Crippen LogP contribution in [0, 0.1) is 51.8 Å². The van der Waals surface area contributed by atoms with Gasteiger partial charge in [-0.2, -0.15) is 10.5 Å². The van der Waals surface area contributed by atoms with Gasteiger partial charge in [0.15, 0.2) is 0 Å². The fourth-order valence-corrected chi connectivity index (χ4v) is 5.10. The van der Waals surface area contributed by atoms with Crippen LogP contribution in [0.3, 0.4) is 0 Å². The Morgan fingerprint density at radius 3 is 2.28 bits per heavy atom. The average molecular weight is 376 g/mol. The standard InChI is InChI=1S/C26H20N2O/c27-16-21(17-28)23-15-26(13-11-19-7-3-1-4-8-19)14-12-22(23)25(24(26)18-29)20-9-5-2-6-10-20/h1-10,18,22,24-25H,12,14-15H2. The number of benzene rings is 2. The van der Waals surface area contributed by atoms with Gasteiger partial charge in [0.05, 0.1) is 0 Å². The predicted molar refractivity (Wildman–Crippen MR) is 110 cm³/mol. The molecule has 3 aliphatic carbocycles. The highest BCUT2D eigenvalue weighted by atomic mass is 16.1. The minimum atomic E-state index is -0.554. The first-order valence-electron chi connectivity index (χ1n) is 9.84. The molecule has 3 nitrogen and oxygen atoms in total. The van der Waals surface area contributed by atoms with E-state index in [0.717, 1.165) is 35.8 Å². The van der Waals surface area contributed by atoms with Gasteiger partial charge in [-0.3, -0.25) is 0 Å². The van der Waals surface area contributed by atoms with Gasteiger partial charge in [0.25, 0.3) is 0 Å². The summed E-state index contributed by atoms with van der Waals surface area (Å²) in [5.41, 5.74) is 2.48. The van der Waals surface area contributed by atoms with Gasteiger partial charge in [-0.1, -0.05) is 60.4 Å². The van der Waals surface area contributed by atoms with Crippen molar-refractivity contribution in [3.05, 3.63) is 82.9 Å². The van der Waals surface area contributed by atoms with Crippen LogP contribution in [0.1, 0.15) is 36.3 Å².